The van der Waals surface area contributed by atoms with Crippen molar-refractivity contribution in [2.75, 3.05) is 25.6 Å². The number of pyridine rings is 2. The van der Waals surface area contributed by atoms with Crippen molar-refractivity contribution in [2.45, 2.75) is 25.4 Å². The Kier molecular flexibility index (Phi) is 7.75. The number of halogens is 1. The van der Waals surface area contributed by atoms with Gasteiger partial charge in [0.05, 0.1) is 27.4 Å². The van der Waals surface area contributed by atoms with Crippen LogP contribution >= 0.6 is 11.3 Å². The quantitative estimate of drug-likeness (QED) is 0.257. The molecule has 5 rings (SSSR count). The number of methoxy groups -OCH3 is 1. The lowest BCUT2D eigenvalue weighted by atomic mass is 10.2. The summed E-state index contributed by atoms with van der Waals surface area (Å²) in [5.74, 6) is -0.0897. The van der Waals surface area contributed by atoms with Gasteiger partial charge in [-0.3, -0.25) is 14.8 Å². The minimum Gasteiger partial charge on any atom is -0.453 e. The average Bonchev–Trinajstić information content (AvgIpc) is 3.62. The van der Waals surface area contributed by atoms with E-state index < -0.39 is 5.82 Å². The van der Waals surface area contributed by atoms with E-state index in [-0.39, 0.29) is 17.8 Å². The number of fused-ring (bicyclic) bond motifs is 1. The van der Waals surface area contributed by atoms with E-state index in [1.807, 2.05) is 18.2 Å². The number of ether oxygens (including phenoxy) is 2. The topological polar surface area (TPSA) is 106 Å². The molecule has 0 radical (unpaired) electrons. The Morgan fingerprint density at radius 2 is 2.05 bits per heavy atom. The van der Waals surface area contributed by atoms with Gasteiger partial charge in [0, 0.05) is 56.5 Å². The lowest BCUT2D eigenvalue weighted by Gasteiger charge is -2.16. The molecule has 0 atom stereocenters. The van der Waals surface area contributed by atoms with Crippen LogP contribution in [0.1, 0.15) is 18.4 Å². The number of aromatic nitrogens is 2. The largest absolute Gasteiger partial charge is 0.453 e. The predicted octanol–water partition coefficient (Wildman–Crippen LogP) is 5.18. The number of carbonyl (C=O) groups excluding carboxylic acids is 2. The molecule has 0 bridgehead atoms. The minimum absolute atomic E-state index is 0.0382. The van der Waals surface area contributed by atoms with Crippen molar-refractivity contribution >= 4 is 39.7 Å². The molecule has 0 saturated heterocycles. The Hall–Kier alpha value is -4.09. The molecule has 11 heteroatoms. The summed E-state index contributed by atoms with van der Waals surface area (Å²) in [5.41, 5.74) is 2.70. The zero-order valence-corrected chi connectivity index (χ0v) is 21.5. The highest BCUT2D eigenvalue weighted by Crippen LogP contribution is 2.39. The number of rotatable bonds is 11. The number of carbonyl (C=O) groups is 2. The van der Waals surface area contributed by atoms with Gasteiger partial charge in [0.25, 0.3) is 0 Å². The molecule has 1 aliphatic rings. The van der Waals surface area contributed by atoms with Gasteiger partial charge in [0.2, 0.25) is 6.41 Å². The third kappa shape index (κ3) is 6.24. The first-order valence-corrected chi connectivity index (χ1v) is 12.9. The number of urea groups is 1. The first-order chi connectivity index (χ1) is 18.5. The van der Waals surface area contributed by atoms with Crippen LogP contribution < -0.4 is 15.4 Å². The summed E-state index contributed by atoms with van der Waals surface area (Å²) in [6, 6.07) is 11.6. The van der Waals surface area contributed by atoms with Gasteiger partial charge < -0.3 is 25.0 Å². The van der Waals surface area contributed by atoms with Gasteiger partial charge in [-0.25, -0.2) is 9.18 Å². The normalized spacial score (nSPS) is 12.8. The molecular formula is C27H26FN5O4S. The Bertz CT molecular complexity index is 1440. The fourth-order valence-electron chi connectivity index (χ4n) is 3.76. The van der Waals surface area contributed by atoms with Crippen LogP contribution in [0.15, 0.2) is 54.9 Å². The van der Waals surface area contributed by atoms with Crippen molar-refractivity contribution in [3.05, 3.63) is 66.2 Å². The summed E-state index contributed by atoms with van der Waals surface area (Å²) in [4.78, 5) is 34.7. The number of benzene rings is 1. The molecule has 3 heterocycles. The van der Waals surface area contributed by atoms with Crippen molar-refractivity contribution in [1.29, 1.82) is 0 Å². The van der Waals surface area contributed by atoms with Crippen LogP contribution in [0.2, 0.25) is 0 Å². The number of nitrogens with one attached hydrogen (secondary N) is 2. The van der Waals surface area contributed by atoms with Crippen LogP contribution in [0.5, 0.6) is 11.5 Å². The lowest BCUT2D eigenvalue weighted by Crippen LogP contribution is -2.30. The molecule has 0 aliphatic heterocycles. The van der Waals surface area contributed by atoms with Gasteiger partial charge >= 0.3 is 6.03 Å². The summed E-state index contributed by atoms with van der Waals surface area (Å²) in [7, 11) is 1.60. The third-order valence-corrected chi connectivity index (χ3v) is 7.05. The van der Waals surface area contributed by atoms with E-state index in [0.29, 0.717) is 36.6 Å². The number of hydrogen-bond acceptors (Lipinski definition) is 7. The minimum atomic E-state index is -0.594. The van der Waals surface area contributed by atoms with Gasteiger partial charge in [-0.1, -0.05) is 6.07 Å². The van der Waals surface area contributed by atoms with Crippen molar-refractivity contribution < 1.29 is 23.5 Å². The van der Waals surface area contributed by atoms with Gasteiger partial charge in [0.1, 0.15) is 5.75 Å². The molecule has 0 unspecified atom stereocenters. The van der Waals surface area contributed by atoms with Crippen LogP contribution in [-0.2, 0) is 16.1 Å². The molecule has 3 aromatic heterocycles. The Labute approximate surface area is 222 Å². The molecule has 1 aromatic carbocycles. The van der Waals surface area contributed by atoms with E-state index in [0.717, 1.165) is 40.1 Å². The second kappa shape index (κ2) is 11.5. The average molecular weight is 536 g/mol. The zero-order chi connectivity index (χ0) is 26.5. The van der Waals surface area contributed by atoms with Crippen molar-refractivity contribution in [2.24, 2.45) is 0 Å². The number of thiophene rings is 1. The van der Waals surface area contributed by atoms with E-state index in [9.17, 15) is 14.0 Å². The maximum Gasteiger partial charge on any atom is 0.319 e. The maximum absolute atomic E-state index is 14.8. The van der Waals surface area contributed by atoms with Crippen molar-refractivity contribution in [3.63, 3.8) is 0 Å². The predicted molar refractivity (Wildman–Crippen MR) is 143 cm³/mol. The van der Waals surface area contributed by atoms with E-state index in [4.69, 9.17) is 9.47 Å². The molecule has 0 spiro atoms. The Morgan fingerprint density at radius 1 is 1.18 bits per heavy atom. The summed E-state index contributed by atoms with van der Waals surface area (Å²) >= 11 is 1.44. The molecule has 4 aromatic rings. The lowest BCUT2D eigenvalue weighted by molar-refractivity contribution is -0.119. The number of amides is 3. The van der Waals surface area contributed by atoms with Crippen LogP contribution in [0.3, 0.4) is 0 Å². The Morgan fingerprint density at radius 3 is 2.76 bits per heavy atom. The number of hydrogen-bond donors (Lipinski definition) is 2. The number of anilines is 1. The standard InChI is InChI=1S/C27H26FN5O4S/c1-36-11-10-33(16-34)15-17-2-6-21(30-14-17)25-13-22-26(38-25)24(8-9-29-22)37-23-7-5-19(12-20(23)28)32-27(35)31-18-3-4-18/h2,5-9,12-14,16,18H,3-4,10-11,15H2,1H3,(H2,31,32,35). The molecule has 1 saturated carbocycles. The Balaban J connectivity index is 1.30. The fraction of sp³-hybridized carbons (Fsp3) is 0.259. The van der Waals surface area contributed by atoms with Gasteiger partial charge in [0.15, 0.2) is 11.6 Å². The molecule has 2 N–H and O–H groups in total. The molecule has 38 heavy (non-hydrogen) atoms. The van der Waals surface area contributed by atoms with E-state index in [1.54, 1.807) is 36.5 Å². The first-order valence-electron chi connectivity index (χ1n) is 12.1. The highest BCUT2D eigenvalue weighted by atomic mass is 32.1. The summed E-state index contributed by atoms with van der Waals surface area (Å²) < 4.78 is 26.5. The van der Waals surface area contributed by atoms with Crippen LogP contribution in [0, 0.1) is 5.82 Å². The molecular weight excluding hydrogens is 509 g/mol. The van der Waals surface area contributed by atoms with E-state index in [2.05, 4.69) is 20.6 Å². The summed E-state index contributed by atoms with van der Waals surface area (Å²) in [6.07, 6.45) is 6.08. The zero-order valence-electron chi connectivity index (χ0n) is 20.6. The van der Waals surface area contributed by atoms with E-state index in [1.165, 1.54) is 23.5 Å². The number of nitrogens with zero attached hydrogens (tertiary/aromatic N) is 3. The van der Waals surface area contributed by atoms with Crippen LogP contribution in [0.4, 0.5) is 14.9 Å². The fourth-order valence-corrected chi connectivity index (χ4v) is 4.80. The monoisotopic (exact) mass is 535 g/mol. The molecule has 3 amide bonds. The van der Waals surface area contributed by atoms with Crippen LogP contribution in [0.25, 0.3) is 20.8 Å². The molecule has 1 fully saturated rings. The van der Waals surface area contributed by atoms with E-state index >= 15 is 0 Å². The van der Waals surface area contributed by atoms with Gasteiger partial charge in [-0.05, 0) is 42.7 Å². The highest BCUT2D eigenvalue weighted by Gasteiger charge is 2.23. The maximum atomic E-state index is 14.8. The second-order valence-corrected chi connectivity index (χ2v) is 9.93. The summed E-state index contributed by atoms with van der Waals surface area (Å²) in [6.45, 7) is 1.41. The smallest absolute Gasteiger partial charge is 0.319 e. The molecule has 1 aliphatic carbocycles. The highest BCUT2D eigenvalue weighted by molar-refractivity contribution is 7.22. The first kappa shape index (κ1) is 25.6. The molecule has 9 nitrogen and oxygen atoms in total. The second-order valence-electron chi connectivity index (χ2n) is 8.87. The van der Waals surface area contributed by atoms with Crippen molar-refractivity contribution in [3.8, 4) is 22.1 Å². The van der Waals surface area contributed by atoms with Gasteiger partial charge in [-0.2, -0.15) is 0 Å². The summed E-state index contributed by atoms with van der Waals surface area (Å²) in [5, 5.41) is 5.43. The SMILES string of the molecule is COCCN(C=O)Cc1ccc(-c2cc3nccc(Oc4ccc(NC(=O)NC5CC5)cc4F)c3s2)nc1. The van der Waals surface area contributed by atoms with Crippen LogP contribution in [-0.4, -0.2) is 53.6 Å². The third-order valence-electron chi connectivity index (χ3n) is 5.89. The van der Waals surface area contributed by atoms with Crippen molar-refractivity contribution in [1.82, 2.24) is 20.2 Å². The van der Waals surface area contributed by atoms with Gasteiger partial charge in [-0.15, -0.1) is 11.3 Å². The molecule has 196 valence electrons.